The topological polar surface area (TPSA) is 98.7 Å². The van der Waals surface area contributed by atoms with Crippen molar-refractivity contribution in [2.75, 3.05) is 18.4 Å². The number of hydrogen-bond acceptors (Lipinski definition) is 4. The lowest BCUT2D eigenvalue weighted by atomic mass is 9.84. The van der Waals surface area contributed by atoms with E-state index in [1.807, 2.05) is 24.3 Å². The van der Waals surface area contributed by atoms with Crippen LogP contribution in [0, 0.1) is 5.92 Å². The third-order valence-corrected chi connectivity index (χ3v) is 6.39. The number of amides is 3. The fourth-order valence-corrected chi connectivity index (χ4v) is 4.71. The van der Waals surface area contributed by atoms with Gasteiger partial charge in [0.05, 0.1) is 12.0 Å². The number of anilines is 1. The van der Waals surface area contributed by atoms with Gasteiger partial charge in [0.2, 0.25) is 5.91 Å². The molecule has 1 saturated heterocycles. The number of aliphatic hydroxyl groups is 1. The van der Waals surface area contributed by atoms with Gasteiger partial charge in [-0.25, -0.2) is 0 Å². The zero-order valence-corrected chi connectivity index (χ0v) is 16.6. The molecule has 29 heavy (non-hydrogen) atoms. The van der Waals surface area contributed by atoms with Crippen molar-refractivity contribution in [1.82, 2.24) is 10.2 Å². The zero-order valence-electron chi connectivity index (χ0n) is 16.6. The number of hydrogen-bond donors (Lipinski definition) is 3. The van der Waals surface area contributed by atoms with Crippen molar-refractivity contribution in [3.8, 4) is 0 Å². The number of nitrogens with zero attached hydrogens (tertiary/aromatic N) is 1. The number of nitrogens with one attached hydrogen (secondary N) is 2. The molecular weight excluding hydrogens is 370 g/mol. The smallest absolute Gasteiger partial charge is 0.264 e. The lowest BCUT2D eigenvalue weighted by Gasteiger charge is -2.26. The van der Waals surface area contributed by atoms with E-state index in [1.54, 1.807) is 4.90 Å². The summed E-state index contributed by atoms with van der Waals surface area (Å²) in [5, 5.41) is 16.1. The van der Waals surface area contributed by atoms with Gasteiger partial charge in [-0.1, -0.05) is 31.4 Å². The number of carbonyl (C=O) groups excluding carboxylic acids is 3. The predicted molar refractivity (Wildman–Crippen MR) is 108 cm³/mol. The molecule has 2 fully saturated rings. The fourth-order valence-electron chi connectivity index (χ4n) is 4.71. The van der Waals surface area contributed by atoms with Crippen LogP contribution in [-0.4, -0.2) is 46.9 Å². The van der Waals surface area contributed by atoms with Crippen LogP contribution >= 0.6 is 0 Å². The number of benzene rings is 1. The summed E-state index contributed by atoms with van der Waals surface area (Å²) < 4.78 is 0. The van der Waals surface area contributed by atoms with E-state index in [9.17, 15) is 19.5 Å². The molecule has 2 atom stereocenters. The van der Waals surface area contributed by atoms with Crippen molar-refractivity contribution in [3.05, 3.63) is 41.2 Å². The highest BCUT2D eigenvalue weighted by Crippen LogP contribution is 2.33. The van der Waals surface area contributed by atoms with Crippen LogP contribution in [-0.2, 0) is 14.4 Å². The molecule has 0 aromatic heterocycles. The highest BCUT2D eigenvalue weighted by atomic mass is 16.3. The van der Waals surface area contributed by atoms with Crippen LogP contribution in [0.4, 0.5) is 5.69 Å². The van der Waals surface area contributed by atoms with E-state index in [1.165, 1.54) is 44.6 Å². The summed E-state index contributed by atoms with van der Waals surface area (Å²) >= 11 is 0. The fraction of sp³-hybridized carbons (Fsp3) is 0.500. The molecule has 3 N–H and O–H groups in total. The van der Waals surface area contributed by atoms with Gasteiger partial charge in [0.1, 0.15) is 11.3 Å². The van der Waals surface area contributed by atoms with Crippen LogP contribution < -0.4 is 10.6 Å². The van der Waals surface area contributed by atoms with Gasteiger partial charge in [-0.15, -0.1) is 0 Å². The average Bonchev–Trinajstić information content (AvgIpc) is 3.14. The van der Waals surface area contributed by atoms with Gasteiger partial charge < -0.3 is 20.6 Å². The Bertz CT molecular complexity index is 855. The van der Waals surface area contributed by atoms with Crippen molar-refractivity contribution < 1.29 is 19.5 Å². The molecule has 154 valence electrons. The van der Waals surface area contributed by atoms with Gasteiger partial charge >= 0.3 is 0 Å². The molecule has 0 spiro atoms. The van der Waals surface area contributed by atoms with E-state index in [4.69, 9.17) is 0 Å². The van der Waals surface area contributed by atoms with Gasteiger partial charge in [-0.05, 0) is 36.5 Å². The summed E-state index contributed by atoms with van der Waals surface area (Å²) in [4.78, 5) is 38.3. The molecule has 1 aromatic rings. The quantitative estimate of drug-likeness (QED) is 0.683. The van der Waals surface area contributed by atoms with Crippen LogP contribution in [0.2, 0.25) is 0 Å². The molecule has 0 unspecified atom stereocenters. The molecule has 0 bridgehead atoms. The number of aliphatic hydroxyl groups excluding tert-OH is 1. The first-order chi connectivity index (χ1) is 13.9. The Hall–Kier alpha value is -2.83. The van der Waals surface area contributed by atoms with E-state index in [2.05, 4.69) is 10.6 Å². The average molecular weight is 397 g/mol. The number of carbonyl (C=O) groups is 3. The molecule has 3 amide bonds. The first-order valence-electron chi connectivity index (χ1n) is 10.3. The SMILES string of the molecule is CC(=O)N1C[C@H]2NC(=O)C(C(=O)Nc3ccc(C4CCCCC4)cc3)=C(O)[C@@H]2C1. The van der Waals surface area contributed by atoms with Crippen LogP contribution in [0.5, 0.6) is 0 Å². The molecule has 2 heterocycles. The van der Waals surface area contributed by atoms with Crippen molar-refractivity contribution in [3.63, 3.8) is 0 Å². The lowest BCUT2D eigenvalue weighted by Crippen LogP contribution is -2.48. The Morgan fingerprint density at radius 1 is 1.10 bits per heavy atom. The van der Waals surface area contributed by atoms with Gasteiger partial charge in [-0.3, -0.25) is 14.4 Å². The highest BCUT2D eigenvalue weighted by molar-refractivity contribution is 6.23. The number of likely N-dealkylation sites (tertiary alicyclic amines) is 1. The number of rotatable bonds is 3. The maximum absolute atomic E-state index is 12.7. The minimum atomic E-state index is -0.634. The van der Waals surface area contributed by atoms with Crippen LogP contribution in [0.1, 0.15) is 50.5 Å². The Morgan fingerprint density at radius 2 is 1.79 bits per heavy atom. The Labute approximate surface area is 170 Å². The predicted octanol–water partition coefficient (Wildman–Crippen LogP) is 2.46. The molecule has 3 aliphatic rings. The molecule has 1 saturated carbocycles. The second-order valence-corrected chi connectivity index (χ2v) is 8.28. The third kappa shape index (κ3) is 3.86. The summed E-state index contributed by atoms with van der Waals surface area (Å²) in [5.41, 5.74) is 1.59. The normalized spacial score (nSPS) is 24.9. The summed E-state index contributed by atoms with van der Waals surface area (Å²) in [5.74, 6) is -1.47. The van der Waals surface area contributed by atoms with Crippen molar-refractivity contribution >= 4 is 23.4 Å². The summed E-state index contributed by atoms with van der Waals surface area (Å²) in [7, 11) is 0. The number of fused-ring (bicyclic) bond motifs is 1. The molecule has 4 rings (SSSR count). The van der Waals surface area contributed by atoms with Crippen molar-refractivity contribution in [2.24, 2.45) is 5.92 Å². The maximum Gasteiger partial charge on any atom is 0.264 e. The Morgan fingerprint density at radius 3 is 2.45 bits per heavy atom. The summed E-state index contributed by atoms with van der Waals surface area (Å²) in [6, 6.07) is 7.38. The van der Waals surface area contributed by atoms with Gasteiger partial charge in [-0.2, -0.15) is 0 Å². The van der Waals surface area contributed by atoms with E-state index >= 15 is 0 Å². The summed E-state index contributed by atoms with van der Waals surface area (Å²) in [6.07, 6.45) is 6.22. The zero-order chi connectivity index (χ0) is 20.5. The van der Waals surface area contributed by atoms with E-state index in [0.717, 1.165) is 0 Å². The second kappa shape index (κ2) is 7.89. The van der Waals surface area contributed by atoms with Gasteiger partial charge in [0, 0.05) is 25.7 Å². The standard InChI is InChI=1S/C22H27N3O4/c1-13(26)25-11-17-18(12-25)24-22(29)19(20(17)27)21(28)23-16-9-7-15(8-10-16)14-5-3-2-4-6-14/h7-10,14,17-18,27H,2-6,11-12H2,1H3,(H,23,28)(H,24,29)/t17-,18-/m1/s1. The lowest BCUT2D eigenvalue weighted by molar-refractivity contribution is -0.128. The monoisotopic (exact) mass is 397 g/mol. The van der Waals surface area contributed by atoms with E-state index in [-0.39, 0.29) is 23.3 Å². The van der Waals surface area contributed by atoms with E-state index in [0.29, 0.717) is 24.7 Å². The maximum atomic E-state index is 12.7. The van der Waals surface area contributed by atoms with Gasteiger partial charge in [0.15, 0.2) is 0 Å². The largest absolute Gasteiger partial charge is 0.511 e. The molecule has 0 radical (unpaired) electrons. The van der Waals surface area contributed by atoms with Crippen molar-refractivity contribution in [2.45, 2.75) is 51.0 Å². The molecular formula is C22H27N3O4. The minimum absolute atomic E-state index is 0.120. The van der Waals surface area contributed by atoms with E-state index < -0.39 is 17.7 Å². The van der Waals surface area contributed by atoms with Gasteiger partial charge in [0.25, 0.3) is 11.8 Å². The highest BCUT2D eigenvalue weighted by Gasteiger charge is 2.44. The van der Waals surface area contributed by atoms with Crippen LogP contribution in [0.3, 0.4) is 0 Å². The van der Waals surface area contributed by atoms with Crippen LogP contribution in [0.15, 0.2) is 35.6 Å². The summed E-state index contributed by atoms with van der Waals surface area (Å²) in [6.45, 7) is 2.08. The first kappa shape index (κ1) is 19.5. The third-order valence-electron chi connectivity index (χ3n) is 6.39. The second-order valence-electron chi connectivity index (χ2n) is 8.28. The first-order valence-corrected chi connectivity index (χ1v) is 10.3. The molecule has 7 heteroatoms. The Kier molecular flexibility index (Phi) is 5.30. The van der Waals surface area contributed by atoms with Crippen molar-refractivity contribution in [1.29, 1.82) is 0 Å². The van der Waals surface area contributed by atoms with Crippen LogP contribution in [0.25, 0.3) is 0 Å². The molecule has 2 aliphatic heterocycles. The molecule has 1 aliphatic carbocycles. The Balaban J connectivity index is 1.47. The molecule has 7 nitrogen and oxygen atoms in total. The molecule has 1 aromatic carbocycles. The minimum Gasteiger partial charge on any atom is -0.511 e.